The van der Waals surface area contributed by atoms with E-state index in [2.05, 4.69) is 15.0 Å². The Morgan fingerprint density at radius 3 is 2.78 bits per heavy atom. The second kappa shape index (κ2) is 5.90. The van der Waals surface area contributed by atoms with Crippen molar-refractivity contribution in [3.05, 3.63) is 24.5 Å². The Labute approximate surface area is 130 Å². The average Bonchev–Trinajstić information content (AvgIpc) is 3.11. The van der Waals surface area contributed by atoms with Crippen molar-refractivity contribution >= 4 is 16.7 Å². The second-order valence-corrected chi connectivity index (χ2v) is 4.97. The van der Waals surface area contributed by atoms with E-state index in [1.54, 1.807) is 0 Å². The number of fused-ring (bicyclic) bond motifs is 1. The number of aromatic nitrogens is 4. The van der Waals surface area contributed by atoms with Crippen LogP contribution in [-0.2, 0) is 4.74 Å². The lowest BCUT2D eigenvalue weighted by atomic mass is 10.1. The molecule has 1 saturated heterocycles. The molecular weight excluding hydrogens is 304 g/mol. The van der Waals surface area contributed by atoms with E-state index < -0.39 is 31.1 Å². The molecule has 3 heterocycles. The van der Waals surface area contributed by atoms with Crippen LogP contribution in [-0.4, -0.2) is 59.8 Å². The summed E-state index contributed by atoms with van der Waals surface area (Å²) < 4.78 is 6.86. The Kier molecular flexibility index (Phi) is 3.93. The van der Waals surface area contributed by atoms with Crippen LogP contribution in [0, 0.1) is 11.3 Å². The smallest absolute Gasteiger partial charge is 0.166 e. The molecule has 120 valence electrons. The molecule has 5 N–H and O–H groups in total. The van der Waals surface area contributed by atoms with E-state index in [0.717, 1.165) is 6.20 Å². The lowest BCUT2D eigenvalue weighted by molar-refractivity contribution is -0.0511. The first kappa shape index (κ1) is 15.3. The van der Waals surface area contributed by atoms with Gasteiger partial charge in [0.15, 0.2) is 11.9 Å². The number of hydrogen-bond donors (Lipinski definition) is 4. The number of imidazole rings is 1. The van der Waals surface area contributed by atoms with Gasteiger partial charge in [0, 0.05) is 6.20 Å². The highest BCUT2D eigenvalue weighted by molar-refractivity contribution is 5.89. The number of nitrogens with zero attached hydrogens (tertiary/aromatic N) is 5. The topological polar surface area (TPSA) is 163 Å². The van der Waals surface area contributed by atoms with Crippen molar-refractivity contribution in [2.75, 3.05) is 6.61 Å². The average molecular weight is 318 g/mol. The summed E-state index contributed by atoms with van der Waals surface area (Å²) in [4.78, 5) is 12.2. The minimum atomic E-state index is -1.26. The molecule has 1 aliphatic rings. The van der Waals surface area contributed by atoms with Crippen LogP contribution in [0.25, 0.3) is 16.7 Å². The van der Waals surface area contributed by atoms with E-state index >= 15 is 0 Å². The summed E-state index contributed by atoms with van der Waals surface area (Å²) in [6, 6.07) is 1.91. The molecule has 23 heavy (non-hydrogen) atoms. The Morgan fingerprint density at radius 1 is 1.39 bits per heavy atom. The zero-order valence-electron chi connectivity index (χ0n) is 11.8. The normalized spacial score (nSPS) is 28.2. The highest BCUT2D eigenvalue weighted by Gasteiger charge is 2.44. The standard InChI is InChI=1S/C13H14N6O4/c14-1-6(2-15)8-9-12(17-4-16-8)19(5-18-9)13-11(22)10(21)7(3-20)23-13/h1,4-5,7,10-11,13,20-22H,3,14H2/t7-,10-,11-,13-/m1/s1. The highest BCUT2D eigenvalue weighted by atomic mass is 16.6. The summed E-state index contributed by atoms with van der Waals surface area (Å²) in [5.41, 5.74) is 6.40. The van der Waals surface area contributed by atoms with E-state index in [1.807, 2.05) is 6.07 Å². The molecule has 0 unspecified atom stereocenters. The van der Waals surface area contributed by atoms with Crippen molar-refractivity contribution in [1.29, 1.82) is 5.26 Å². The van der Waals surface area contributed by atoms with Crippen molar-refractivity contribution < 1.29 is 20.1 Å². The van der Waals surface area contributed by atoms with Crippen LogP contribution < -0.4 is 5.73 Å². The molecular formula is C13H14N6O4. The van der Waals surface area contributed by atoms with Crippen molar-refractivity contribution in [1.82, 2.24) is 19.5 Å². The summed E-state index contributed by atoms with van der Waals surface area (Å²) in [6.45, 7) is -0.434. The molecule has 0 amide bonds. The van der Waals surface area contributed by atoms with Gasteiger partial charge in [-0.1, -0.05) is 0 Å². The van der Waals surface area contributed by atoms with Gasteiger partial charge in [-0.3, -0.25) is 4.57 Å². The molecule has 1 aliphatic heterocycles. The maximum atomic E-state index is 10.1. The van der Waals surface area contributed by atoms with Crippen LogP contribution in [0.15, 0.2) is 18.9 Å². The van der Waals surface area contributed by atoms with Gasteiger partial charge in [-0.25, -0.2) is 15.0 Å². The quantitative estimate of drug-likeness (QED) is 0.481. The van der Waals surface area contributed by atoms with Gasteiger partial charge in [0.05, 0.1) is 18.5 Å². The second-order valence-electron chi connectivity index (χ2n) is 4.97. The van der Waals surface area contributed by atoms with Crippen molar-refractivity contribution in [2.45, 2.75) is 24.5 Å². The third-order valence-electron chi connectivity index (χ3n) is 3.69. The Balaban J connectivity index is 2.08. The van der Waals surface area contributed by atoms with Gasteiger partial charge in [0.1, 0.15) is 41.9 Å². The summed E-state index contributed by atoms with van der Waals surface area (Å²) in [7, 11) is 0. The predicted molar refractivity (Wildman–Crippen MR) is 76.1 cm³/mol. The number of hydrogen-bond acceptors (Lipinski definition) is 9. The molecule has 0 bridgehead atoms. The molecule has 2 aromatic rings. The Bertz CT molecular complexity index is 797. The van der Waals surface area contributed by atoms with Gasteiger partial charge in [0.25, 0.3) is 0 Å². The van der Waals surface area contributed by atoms with Gasteiger partial charge >= 0.3 is 0 Å². The first-order valence-corrected chi connectivity index (χ1v) is 6.74. The molecule has 1 fully saturated rings. The fraction of sp³-hybridized carbons (Fsp3) is 0.385. The summed E-state index contributed by atoms with van der Waals surface area (Å²) in [5, 5.41) is 38.2. The molecule has 3 rings (SSSR count). The zero-order chi connectivity index (χ0) is 16.6. The monoisotopic (exact) mass is 318 g/mol. The number of aliphatic hydroxyl groups excluding tert-OH is 3. The Hall–Kier alpha value is -2.58. The maximum absolute atomic E-state index is 10.1. The predicted octanol–water partition coefficient (Wildman–Crippen LogP) is -1.74. The van der Waals surface area contributed by atoms with Crippen molar-refractivity contribution in [3.8, 4) is 6.07 Å². The fourth-order valence-electron chi connectivity index (χ4n) is 2.51. The van der Waals surface area contributed by atoms with Crippen LogP contribution in [0.3, 0.4) is 0 Å². The number of allylic oxidation sites excluding steroid dienone is 1. The van der Waals surface area contributed by atoms with E-state index in [4.69, 9.17) is 20.8 Å². The lowest BCUT2D eigenvalue weighted by Gasteiger charge is -2.16. The minimum Gasteiger partial charge on any atom is -0.403 e. The minimum absolute atomic E-state index is 0.129. The molecule has 0 saturated carbocycles. The largest absolute Gasteiger partial charge is 0.403 e. The van der Waals surface area contributed by atoms with Gasteiger partial charge < -0.3 is 25.8 Å². The molecule has 0 radical (unpaired) electrons. The van der Waals surface area contributed by atoms with E-state index in [0.29, 0.717) is 11.2 Å². The number of nitriles is 1. The van der Waals surface area contributed by atoms with E-state index in [9.17, 15) is 10.2 Å². The highest BCUT2D eigenvalue weighted by Crippen LogP contribution is 2.32. The maximum Gasteiger partial charge on any atom is 0.166 e. The summed E-state index contributed by atoms with van der Waals surface area (Å²) in [5.74, 6) is 0. The van der Waals surface area contributed by atoms with E-state index in [-0.39, 0.29) is 11.3 Å². The molecule has 0 aliphatic carbocycles. The third-order valence-corrected chi connectivity index (χ3v) is 3.69. The lowest BCUT2D eigenvalue weighted by Crippen LogP contribution is -2.33. The molecule has 2 aromatic heterocycles. The zero-order valence-corrected chi connectivity index (χ0v) is 11.8. The SMILES string of the molecule is N#CC(=CN)c1ncnc2c1ncn2[C@@H]1O[C@H](CO)[C@@H](O)[C@H]1O. The fourth-order valence-corrected chi connectivity index (χ4v) is 2.51. The van der Waals surface area contributed by atoms with Gasteiger partial charge in [-0.2, -0.15) is 5.26 Å². The number of rotatable bonds is 3. The first-order chi connectivity index (χ1) is 11.1. The van der Waals surface area contributed by atoms with Crippen LogP contribution >= 0.6 is 0 Å². The molecule has 0 aromatic carbocycles. The number of aliphatic hydroxyl groups is 3. The van der Waals surface area contributed by atoms with Crippen LogP contribution in [0.5, 0.6) is 0 Å². The molecule has 10 heteroatoms. The van der Waals surface area contributed by atoms with Crippen molar-refractivity contribution in [3.63, 3.8) is 0 Å². The van der Waals surface area contributed by atoms with Gasteiger partial charge in [0.2, 0.25) is 0 Å². The van der Waals surface area contributed by atoms with Gasteiger partial charge in [-0.15, -0.1) is 0 Å². The van der Waals surface area contributed by atoms with Crippen LogP contribution in [0.4, 0.5) is 0 Å². The van der Waals surface area contributed by atoms with Gasteiger partial charge in [-0.05, 0) is 0 Å². The molecule has 10 nitrogen and oxygen atoms in total. The summed E-state index contributed by atoms with van der Waals surface area (Å²) in [6.07, 6.45) is -0.666. The molecule has 0 spiro atoms. The molecule has 4 atom stereocenters. The van der Waals surface area contributed by atoms with Crippen molar-refractivity contribution in [2.24, 2.45) is 5.73 Å². The number of ether oxygens (including phenoxy) is 1. The first-order valence-electron chi connectivity index (χ1n) is 6.74. The third kappa shape index (κ3) is 2.32. The van der Waals surface area contributed by atoms with Crippen LogP contribution in [0.1, 0.15) is 11.9 Å². The Morgan fingerprint density at radius 2 is 2.17 bits per heavy atom. The van der Waals surface area contributed by atoms with Crippen LogP contribution in [0.2, 0.25) is 0 Å². The summed E-state index contributed by atoms with van der Waals surface area (Å²) >= 11 is 0. The van der Waals surface area contributed by atoms with E-state index in [1.165, 1.54) is 17.2 Å². The number of nitrogens with two attached hydrogens (primary N) is 1.